The summed E-state index contributed by atoms with van der Waals surface area (Å²) in [5.74, 6) is 0. The Labute approximate surface area is 34.5 Å². The molecule has 23 valence electrons. The standard InChI is InChI=1S/CHNO.Mn/c2-1-3;/h3H;. The zero-order valence-electron chi connectivity index (χ0n) is 1.77. The number of nitrogens with zero attached hydrogens (tertiary/aromatic N) is 1. The smallest absolute Gasteiger partial charge is 0.283 e. The van der Waals surface area contributed by atoms with Crippen LogP contribution in [0.2, 0.25) is 0 Å². The average molecular weight is 98.0 g/mol. The first-order valence-electron chi connectivity index (χ1n) is 0.447. The summed E-state index contributed by atoms with van der Waals surface area (Å²) in [6.07, 6.45) is 0.750. The van der Waals surface area contributed by atoms with Crippen LogP contribution in [0.1, 0.15) is 0 Å². The van der Waals surface area contributed by atoms with E-state index in [4.69, 9.17) is 10.4 Å². The molecule has 4 heavy (non-hydrogen) atoms. The molecule has 0 unspecified atom stereocenters. The summed E-state index contributed by atoms with van der Waals surface area (Å²) in [7, 11) is 0. The molecule has 0 aliphatic heterocycles. The van der Waals surface area contributed by atoms with Crippen molar-refractivity contribution in [2.75, 3.05) is 0 Å². The van der Waals surface area contributed by atoms with Crippen molar-refractivity contribution in [2.24, 2.45) is 0 Å². The molecule has 0 aromatic heterocycles. The molecule has 0 aliphatic rings. The van der Waals surface area contributed by atoms with Crippen molar-refractivity contribution >= 4 is 0 Å². The summed E-state index contributed by atoms with van der Waals surface area (Å²) in [5.41, 5.74) is 0. The van der Waals surface area contributed by atoms with Gasteiger partial charge in [-0.3, -0.25) is 0 Å². The Morgan fingerprint density at radius 1 is 1.75 bits per heavy atom. The second-order valence-electron chi connectivity index (χ2n) is 0.100. The summed E-state index contributed by atoms with van der Waals surface area (Å²) in [5, 5.41) is 13.8. The topological polar surface area (TPSA) is 44.0 Å². The molecular formula is CHMnNO. The summed E-state index contributed by atoms with van der Waals surface area (Å²) < 4.78 is 0. The van der Waals surface area contributed by atoms with Gasteiger partial charge in [0.25, 0.3) is 6.26 Å². The van der Waals surface area contributed by atoms with Gasteiger partial charge in [-0.05, 0) is 0 Å². The van der Waals surface area contributed by atoms with E-state index in [1.54, 1.807) is 0 Å². The monoisotopic (exact) mass is 97.9 g/mol. The minimum Gasteiger partial charge on any atom is -0.443 e. The molecule has 0 atom stereocenters. The molecule has 1 radical (unpaired) electrons. The molecule has 0 aromatic carbocycles. The Kier molecular flexibility index (Phi) is 32.2. The molecule has 0 saturated carbocycles. The first-order valence-corrected chi connectivity index (χ1v) is 0.447. The molecule has 0 spiro atoms. The molecule has 0 heterocycles. The fourth-order valence-electron chi connectivity index (χ4n) is 0. The fourth-order valence-corrected chi connectivity index (χ4v) is 0. The first-order chi connectivity index (χ1) is 1.41. The molecule has 2 nitrogen and oxygen atoms in total. The third kappa shape index (κ3) is 32.7. The van der Waals surface area contributed by atoms with Crippen molar-refractivity contribution in [3.63, 3.8) is 0 Å². The maximum Gasteiger partial charge on any atom is 0.283 e. The third-order valence-corrected chi connectivity index (χ3v) is 0. The average Bonchev–Trinajstić information content (AvgIpc) is 0.918. The van der Waals surface area contributed by atoms with Gasteiger partial charge in [-0.1, -0.05) is 0 Å². The normalized spacial score (nSPS) is 1.75. The van der Waals surface area contributed by atoms with E-state index in [0.717, 1.165) is 6.26 Å². The van der Waals surface area contributed by atoms with E-state index in [1.165, 1.54) is 0 Å². The van der Waals surface area contributed by atoms with Gasteiger partial charge in [0.05, 0.1) is 0 Å². The third-order valence-electron chi connectivity index (χ3n) is 0. The van der Waals surface area contributed by atoms with Crippen molar-refractivity contribution in [2.45, 2.75) is 0 Å². The predicted octanol–water partition coefficient (Wildman–Crippen LogP) is -0.163. The van der Waals surface area contributed by atoms with Gasteiger partial charge in [-0.15, -0.1) is 0 Å². The van der Waals surface area contributed by atoms with Crippen LogP contribution in [0, 0.1) is 11.5 Å². The molecule has 1 N–H and O–H groups in total. The van der Waals surface area contributed by atoms with Crippen LogP contribution in [-0.4, -0.2) is 5.11 Å². The van der Waals surface area contributed by atoms with Gasteiger partial charge in [0.2, 0.25) is 0 Å². The van der Waals surface area contributed by atoms with Crippen molar-refractivity contribution in [1.82, 2.24) is 0 Å². The summed E-state index contributed by atoms with van der Waals surface area (Å²) in [6, 6.07) is 0. The molecular weight excluding hydrogens is 97.0 g/mol. The van der Waals surface area contributed by atoms with Gasteiger partial charge in [0, 0.05) is 17.1 Å². The number of hydrogen-bond acceptors (Lipinski definition) is 2. The molecule has 0 aliphatic carbocycles. The summed E-state index contributed by atoms with van der Waals surface area (Å²) >= 11 is 0. The molecule has 0 aromatic rings. The molecule has 0 amide bonds. The molecule has 0 rings (SSSR count). The summed E-state index contributed by atoms with van der Waals surface area (Å²) in [4.78, 5) is 0. The van der Waals surface area contributed by atoms with Gasteiger partial charge >= 0.3 is 0 Å². The minimum atomic E-state index is 0. The molecule has 0 fully saturated rings. The van der Waals surface area contributed by atoms with E-state index in [9.17, 15) is 0 Å². The van der Waals surface area contributed by atoms with Crippen molar-refractivity contribution in [3.8, 4) is 6.26 Å². The van der Waals surface area contributed by atoms with E-state index in [-0.39, 0.29) is 17.1 Å². The molecule has 0 saturated heterocycles. The Morgan fingerprint density at radius 2 is 1.75 bits per heavy atom. The number of aliphatic hydroxyl groups is 1. The zero-order chi connectivity index (χ0) is 2.71. The summed E-state index contributed by atoms with van der Waals surface area (Å²) in [6.45, 7) is 0. The van der Waals surface area contributed by atoms with E-state index >= 15 is 0 Å². The van der Waals surface area contributed by atoms with Crippen molar-refractivity contribution in [1.29, 1.82) is 5.26 Å². The fraction of sp³-hybridized carbons (Fsp3) is 0. The van der Waals surface area contributed by atoms with Crippen LogP contribution < -0.4 is 0 Å². The van der Waals surface area contributed by atoms with E-state index < -0.39 is 0 Å². The number of nitriles is 1. The van der Waals surface area contributed by atoms with Crippen LogP contribution in [-0.2, 0) is 17.1 Å². The largest absolute Gasteiger partial charge is 0.443 e. The minimum absolute atomic E-state index is 0. The zero-order valence-corrected chi connectivity index (χ0v) is 2.95. The second-order valence-corrected chi connectivity index (χ2v) is 0.100. The Hall–Kier alpha value is -0.191. The van der Waals surface area contributed by atoms with Crippen LogP contribution in [0.5, 0.6) is 0 Å². The molecule has 3 heteroatoms. The van der Waals surface area contributed by atoms with Crippen LogP contribution in [0.4, 0.5) is 0 Å². The predicted molar refractivity (Wildman–Crippen MR) is 7.55 cm³/mol. The van der Waals surface area contributed by atoms with Gasteiger partial charge < -0.3 is 5.11 Å². The Balaban J connectivity index is 0. The van der Waals surface area contributed by atoms with Crippen LogP contribution in [0.3, 0.4) is 0 Å². The first kappa shape index (κ1) is 9.18. The Morgan fingerprint density at radius 3 is 1.75 bits per heavy atom. The second kappa shape index (κ2) is 14.0. The maximum absolute atomic E-state index is 6.88. The quantitative estimate of drug-likeness (QED) is 0.338. The Bertz CT molecular complexity index is 29.5. The van der Waals surface area contributed by atoms with Gasteiger partial charge in [0.1, 0.15) is 0 Å². The SMILES string of the molecule is N#CO.[Mn]. The van der Waals surface area contributed by atoms with Gasteiger partial charge in [-0.25, -0.2) is 0 Å². The number of rotatable bonds is 0. The molecule has 0 bridgehead atoms. The van der Waals surface area contributed by atoms with Gasteiger partial charge in [0.15, 0.2) is 0 Å². The van der Waals surface area contributed by atoms with Crippen LogP contribution in [0.15, 0.2) is 0 Å². The maximum atomic E-state index is 6.88. The van der Waals surface area contributed by atoms with Gasteiger partial charge in [-0.2, -0.15) is 5.26 Å². The van der Waals surface area contributed by atoms with Crippen LogP contribution >= 0.6 is 0 Å². The van der Waals surface area contributed by atoms with Crippen molar-refractivity contribution < 1.29 is 22.2 Å². The van der Waals surface area contributed by atoms with Crippen molar-refractivity contribution in [3.05, 3.63) is 0 Å². The van der Waals surface area contributed by atoms with E-state index in [2.05, 4.69) is 0 Å². The van der Waals surface area contributed by atoms with Crippen LogP contribution in [0.25, 0.3) is 0 Å². The number of aliphatic hydroxyl groups excluding tert-OH is 1. The number of hydrogen-bond donors (Lipinski definition) is 1. The van der Waals surface area contributed by atoms with E-state index in [0.29, 0.717) is 0 Å². The van der Waals surface area contributed by atoms with E-state index in [1.807, 2.05) is 0 Å².